The Morgan fingerprint density at radius 1 is 1.62 bits per heavy atom. The number of hydrogen-bond acceptors (Lipinski definition) is 4. The molecule has 1 unspecified atom stereocenters. The zero-order chi connectivity index (χ0) is 11.6. The Labute approximate surface area is 101 Å². The fourth-order valence-corrected chi connectivity index (χ4v) is 3.17. The fraction of sp³-hybridized carbons (Fsp3) is 0.750. The number of likely N-dealkylation sites (tertiary alicyclic amines) is 1. The minimum Gasteiger partial charge on any atom is -0.396 e. The second-order valence-electron chi connectivity index (χ2n) is 5.17. The molecule has 0 bridgehead atoms. The maximum atomic E-state index is 9.40. The van der Waals surface area contributed by atoms with Gasteiger partial charge in [0.05, 0.1) is 6.54 Å². The van der Waals surface area contributed by atoms with Gasteiger partial charge in [-0.05, 0) is 26.3 Å². The predicted octanol–water partition coefficient (Wildman–Crippen LogP) is 2.05. The Balaban J connectivity index is 1.95. The molecule has 0 amide bonds. The molecule has 1 aromatic heterocycles. The highest BCUT2D eigenvalue weighted by atomic mass is 32.1. The molecule has 0 aliphatic carbocycles. The molecule has 1 atom stereocenters. The van der Waals surface area contributed by atoms with Gasteiger partial charge in [-0.25, -0.2) is 4.98 Å². The van der Waals surface area contributed by atoms with Crippen molar-refractivity contribution in [3.05, 3.63) is 16.1 Å². The second-order valence-corrected chi connectivity index (χ2v) is 6.11. The van der Waals surface area contributed by atoms with Crippen LogP contribution in [0.4, 0.5) is 0 Å². The molecule has 1 aliphatic heterocycles. The quantitative estimate of drug-likeness (QED) is 0.878. The Morgan fingerprint density at radius 3 is 3.06 bits per heavy atom. The third-order valence-corrected chi connectivity index (χ3v) is 4.22. The van der Waals surface area contributed by atoms with Crippen molar-refractivity contribution >= 4 is 11.3 Å². The summed E-state index contributed by atoms with van der Waals surface area (Å²) in [7, 11) is 0. The molecule has 2 heterocycles. The summed E-state index contributed by atoms with van der Waals surface area (Å²) in [5.41, 5.74) is 1.20. The zero-order valence-corrected chi connectivity index (χ0v) is 10.9. The second kappa shape index (κ2) is 4.82. The van der Waals surface area contributed by atoms with Crippen molar-refractivity contribution in [2.24, 2.45) is 5.41 Å². The fourth-order valence-electron chi connectivity index (χ4n) is 2.36. The van der Waals surface area contributed by atoms with Gasteiger partial charge < -0.3 is 5.11 Å². The first kappa shape index (κ1) is 12.0. The lowest BCUT2D eigenvalue weighted by atomic mass is 9.83. The third-order valence-electron chi connectivity index (χ3n) is 3.27. The summed E-state index contributed by atoms with van der Waals surface area (Å²) in [4.78, 5) is 6.91. The first-order valence-corrected chi connectivity index (χ1v) is 6.73. The molecule has 16 heavy (non-hydrogen) atoms. The van der Waals surface area contributed by atoms with Crippen molar-refractivity contribution in [3.63, 3.8) is 0 Å². The summed E-state index contributed by atoms with van der Waals surface area (Å²) in [6.45, 7) is 7.56. The molecule has 1 aromatic rings. The Kier molecular flexibility index (Phi) is 3.62. The third kappa shape index (κ3) is 2.81. The van der Waals surface area contributed by atoms with E-state index in [0.717, 1.165) is 31.7 Å². The molecule has 0 saturated carbocycles. The van der Waals surface area contributed by atoms with Gasteiger partial charge in [-0.3, -0.25) is 4.90 Å². The first-order valence-electron chi connectivity index (χ1n) is 5.85. The summed E-state index contributed by atoms with van der Waals surface area (Å²) in [5, 5.41) is 12.7. The number of nitrogens with zero attached hydrogens (tertiary/aromatic N) is 2. The molecule has 2 rings (SSSR count). The van der Waals surface area contributed by atoms with E-state index in [1.54, 1.807) is 11.3 Å². The van der Waals surface area contributed by atoms with Crippen LogP contribution >= 0.6 is 11.3 Å². The smallest absolute Gasteiger partial charge is 0.107 e. The number of aliphatic hydroxyl groups excluding tert-OH is 1. The average Bonchev–Trinajstić information content (AvgIpc) is 2.64. The van der Waals surface area contributed by atoms with E-state index >= 15 is 0 Å². The van der Waals surface area contributed by atoms with Crippen LogP contribution in [0.3, 0.4) is 0 Å². The number of aliphatic hydroxyl groups is 1. The number of piperidine rings is 1. The van der Waals surface area contributed by atoms with Crippen LogP contribution in [0.2, 0.25) is 0 Å². The molecule has 1 N–H and O–H groups in total. The van der Waals surface area contributed by atoms with E-state index in [0.29, 0.717) is 6.61 Å². The van der Waals surface area contributed by atoms with Gasteiger partial charge in [0.2, 0.25) is 0 Å². The van der Waals surface area contributed by atoms with Gasteiger partial charge in [0.25, 0.3) is 0 Å². The van der Waals surface area contributed by atoms with Gasteiger partial charge in [0.1, 0.15) is 5.01 Å². The predicted molar refractivity (Wildman–Crippen MR) is 66.6 cm³/mol. The molecule has 0 aromatic carbocycles. The van der Waals surface area contributed by atoms with Gasteiger partial charge in [0.15, 0.2) is 0 Å². The molecule has 90 valence electrons. The number of rotatable bonds is 3. The Morgan fingerprint density at radius 2 is 2.44 bits per heavy atom. The molecule has 0 radical (unpaired) electrons. The Hall–Kier alpha value is -0.450. The number of thiazole rings is 1. The van der Waals surface area contributed by atoms with Crippen molar-refractivity contribution in [1.29, 1.82) is 0 Å². The normalized spacial score (nSPS) is 27.2. The standard InChI is InChI=1S/C12H20N2OS/c1-10-7-16-11(13-10)6-14-5-3-4-12(2,8-14)9-15/h7,15H,3-6,8-9H2,1-2H3. The minimum absolute atomic E-state index is 0.0879. The van der Waals surface area contributed by atoms with Crippen LogP contribution in [-0.2, 0) is 6.54 Å². The lowest BCUT2D eigenvalue weighted by Crippen LogP contribution is -2.43. The van der Waals surface area contributed by atoms with Gasteiger partial charge in [0, 0.05) is 29.6 Å². The van der Waals surface area contributed by atoms with E-state index < -0.39 is 0 Å². The SMILES string of the molecule is Cc1csc(CN2CCCC(C)(CO)C2)n1. The zero-order valence-electron chi connectivity index (χ0n) is 10.1. The molecule has 1 fully saturated rings. The largest absolute Gasteiger partial charge is 0.396 e. The highest BCUT2D eigenvalue weighted by Gasteiger charge is 2.30. The minimum atomic E-state index is 0.0879. The highest BCUT2D eigenvalue weighted by Crippen LogP contribution is 2.29. The van der Waals surface area contributed by atoms with Crippen molar-refractivity contribution in [1.82, 2.24) is 9.88 Å². The molecule has 4 heteroatoms. The lowest BCUT2D eigenvalue weighted by molar-refractivity contribution is 0.0429. The van der Waals surface area contributed by atoms with Gasteiger partial charge >= 0.3 is 0 Å². The number of aryl methyl sites for hydroxylation is 1. The Bertz CT molecular complexity index is 353. The van der Waals surface area contributed by atoms with Crippen LogP contribution in [0, 0.1) is 12.3 Å². The van der Waals surface area contributed by atoms with E-state index in [9.17, 15) is 5.11 Å². The summed E-state index contributed by atoms with van der Waals surface area (Å²) >= 11 is 1.74. The van der Waals surface area contributed by atoms with E-state index in [4.69, 9.17) is 0 Å². The first-order chi connectivity index (χ1) is 7.61. The maximum Gasteiger partial charge on any atom is 0.107 e. The van der Waals surface area contributed by atoms with Crippen LogP contribution < -0.4 is 0 Å². The van der Waals surface area contributed by atoms with Gasteiger partial charge in [-0.15, -0.1) is 11.3 Å². The van der Waals surface area contributed by atoms with E-state index in [1.807, 2.05) is 6.92 Å². The van der Waals surface area contributed by atoms with E-state index in [2.05, 4.69) is 22.2 Å². The lowest BCUT2D eigenvalue weighted by Gasteiger charge is -2.38. The molecule has 0 spiro atoms. The number of aromatic nitrogens is 1. The van der Waals surface area contributed by atoms with Crippen molar-refractivity contribution < 1.29 is 5.11 Å². The molecule has 1 saturated heterocycles. The number of hydrogen-bond donors (Lipinski definition) is 1. The van der Waals surface area contributed by atoms with Crippen LogP contribution in [-0.4, -0.2) is 34.7 Å². The van der Waals surface area contributed by atoms with Crippen LogP contribution in [0.25, 0.3) is 0 Å². The molecule has 1 aliphatic rings. The van der Waals surface area contributed by atoms with E-state index in [1.165, 1.54) is 11.4 Å². The summed E-state index contributed by atoms with van der Waals surface area (Å²) < 4.78 is 0. The van der Waals surface area contributed by atoms with Crippen molar-refractivity contribution in [2.75, 3.05) is 19.7 Å². The van der Waals surface area contributed by atoms with Crippen LogP contribution in [0.5, 0.6) is 0 Å². The van der Waals surface area contributed by atoms with Gasteiger partial charge in [-0.1, -0.05) is 6.92 Å². The average molecular weight is 240 g/mol. The molecule has 3 nitrogen and oxygen atoms in total. The summed E-state index contributed by atoms with van der Waals surface area (Å²) in [5.74, 6) is 0. The maximum absolute atomic E-state index is 9.40. The van der Waals surface area contributed by atoms with E-state index in [-0.39, 0.29) is 5.41 Å². The topological polar surface area (TPSA) is 36.4 Å². The van der Waals surface area contributed by atoms with Gasteiger partial charge in [-0.2, -0.15) is 0 Å². The summed E-state index contributed by atoms with van der Waals surface area (Å²) in [6.07, 6.45) is 2.32. The van der Waals surface area contributed by atoms with Crippen LogP contribution in [0.15, 0.2) is 5.38 Å². The van der Waals surface area contributed by atoms with Crippen molar-refractivity contribution in [2.45, 2.75) is 33.2 Å². The molecular weight excluding hydrogens is 220 g/mol. The van der Waals surface area contributed by atoms with Crippen LogP contribution in [0.1, 0.15) is 30.5 Å². The van der Waals surface area contributed by atoms with Crippen molar-refractivity contribution in [3.8, 4) is 0 Å². The highest BCUT2D eigenvalue weighted by molar-refractivity contribution is 7.09. The monoisotopic (exact) mass is 240 g/mol. The molecular formula is C12H20N2OS. The summed E-state index contributed by atoms with van der Waals surface area (Å²) in [6, 6.07) is 0.